The van der Waals surface area contributed by atoms with Crippen LogP contribution in [0.5, 0.6) is 5.75 Å². The fourth-order valence-electron chi connectivity index (χ4n) is 3.50. The molecule has 7 heteroatoms. The summed E-state index contributed by atoms with van der Waals surface area (Å²) in [4.78, 5) is 32.7. The van der Waals surface area contributed by atoms with Crippen molar-refractivity contribution in [3.8, 4) is 5.75 Å². The van der Waals surface area contributed by atoms with Crippen LogP contribution in [0.3, 0.4) is 0 Å². The number of para-hydroxylation sites is 2. The highest BCUT2D eigenvalue weighted by atomic mass is 16.5. The Kier molecular flexibility index (Phi) is 5.33. The molecular formula is C24H23N3O4. The molecule has 0 aliphatic rings. The van der Waals surface area contributed by atoms with Crippen molar-refractivity contribution < 1.29 is 13.9 Å². The number of aryl methyl sites for hydroxylation is 2. The van der Waals surface area contributed by atoms with Gasteiger partial charge in [-0.3, -0.25) is 10.1 Å². The molecule has 31 heavy (non-hydrogen) atoms. The van der Waals surface area contributed by atoms with Crippen molar-refractivity contribution in [1.29, 1.82) is 0 Å². The third-order valence-corrected chi connectivity index (χ3v) is 4.95. The molecule has 0 spiro atoms. The highest BCUT2D eigenvalue weighted by Crippen LogP contribution is 2.31. The van der Waals surface area contributed by atoms with Crippen LogP contribution in [-0.2, 0) is 11.2 Å². The van der Waals surface area contributed by atoms with Crippen LogP contribution in [0.25, 0.3) is 22.0 Å². The Morgan fingerprint density at radius 3 is 2.77 bits per heavy atom. The molecule has 0 saturated carbocycles. The average Bonchev–Trinajstić information content (AvgIpc) is 3.11. The zero-order chi connectivity index (χ0) is 22.1. The molecule has 0 fully saturated rings. The van der Waals surface area contributed by atoms with E-state index in [-0.39, 0.29) is 17.9 Å². The minimum atomic E-state index is -0.541. The van der Waals surface area contributed by atoms with E-state index in [2.05, 4.69) is 21.9 Å². The molecular weight excluding hydrogens is 394 g/mol. The molecule has 1 amide bonds. The molecule has 0 aliphatic heterocycles. The maximum Gasteiger partial charge on any atom is 0.340 e. The van der Waals surface area contributed by atoms with E-state index < -0.39 is 5.63 Å². The highest BCUT2D eigenvalue weighted by Gasteiger charge is 2.19. The number of rotatable bonds is 6. The Bertz CT molecular complexity index is 1350. The molecule has 2 heterocycles. The normalized spacial score (nSPS) is 11.1. The minimum absolute atomic E-state index is 0.144. The number of nitrogens with one attached hydrogen (secondary N) is 2. The van der Waals surface area contributed by atoms with Crippen LogP contribution in [0, 0.1) is 13.8 Å². The second-order valence-electron chi connectivity index (χ2n) is 7.70. The summed E-state index contributed by atoms with van der Waals surface area (Å²) >= 11 is 0. The van der Waals surface area contributed by atoms with E-state index in [4.69, 9.17) is 9.15 Å². The summed E-state index contributed by atoms with van der Waals surface area (Å²) in [6, 6.07) is 11.1. The molecule has 0 saturated heterocycles. The van der Waals surface area contributed by atoms with Gasteiger partial charge in [0.2, 0.25) is 11.9 Å². The molecule has 2 aromatic carbocycles. The molecule has 0 bridgehead atoms. The third kappa shape index (κ3) is 4.21. The number of fused-ring (bicyclic) bond motifs is 2. The first-order valence-corrected chi connectivity index (χ1v) is 9.90. The van der Waals surface area contributed by atoms with E-state index in [1.165, 1.54) is 0 Å². The monoisotopic (exact) mass is 417 g/mol. The summed E-state index contributed by atoms with van der Waals surface area (Å²) in [6.07, 6.45) is -0.144. The topological polar surface area (TPSA) is 97.2 Å². The number of nitrogens with zero attached hydrogens (tertiary/aromatic N) is 1. The SMILES string of the molecule is C=C(C)COc1cc(C)cc2oc(=O)c(CC(=O)Nc3nc4ccccc4[nH]3)c(C)c12. The van der Waals surface area contributed by atoms with Crippen molar-refractivity contribution >= 4 is 33.9 Å². The van der Waals surface area contributed by atoms with Gasteiger partial charge in [0, 0.05) is 0 Å². The average molecular weight is 417 g/mol. The number of aromatic amines is 1. The van der Waals surface area contributed by atoms with Gasteiger partial charge in [-0.05, 0) is 61.7 Å². The fraction of sp³-hybridized carbons (Fsp3) is 0.208. The number of anilines is 1. The van der Waals surface area contributed by atoms with Gasteiger partial charge in [-0.25, -0.2) is 9.78 Å². The zero-order valence-electron chi connectivity index (χ0n) is 17.7. The predicted molar refractivity (Wildman–Crippen MR) is 121 cm³/mol. The van der Waals surface area contributed by atoms with Gasteiger partial charge in [0.05, 0.1) is 28.4 Å². The first-order valence-electron chi connectivity index (χ1n) is 9.90. The Hall–Kier alpha value is -3.87. The number of benzene rings is 2. The maximum absolute atomic E-state index is 12.7. The Balaban J connectivity index is 1.67. The number of amides is 1. The Labute approximate surface area is 178 Å². The van der Waals surface area contributed by atoms with Crippen molar-refractivity contribution in [3.63, 3.8) is 0 Å². The van der Waals surface area contributed by atoms with Gasteiger partial charge in [0.1, 0.15) is 17.9 Å². The molecule has 0 atom stereocenters. The number of aromatic nitrogens is 2. The largest absolute Gasteiger partial charge is 0.488 e. The van der Waals surface area contributed by atoms with Crippen molar-refractivity contribution in [2.75, 3.05) is 11.9 Å². The fourth-order valence-corrected chi connectivity index (χ4v) is 3.50. The van der Waals surface area contributed by atoms with Gasteiger partial charge >= 0.3 is 5.63 Å². The van der Waals surface area contributed by atoms with E-state index in [0.29, 0.717) is 34.8 Å². The molecule has 0 radical (unpaired) electrons. The summed E-state index contributed by atoms with van der Waals surface area (Å²) in [5.74, 6) is 0.554. The second kappa shape index (κ2) is 8.10. The molecule has 0 aliphatic carbocycles. The van der Waals surface area contributed by atoms with Gasteiger partial charge in [-0.15, -0.1) is 0 Å². The first kappa shape index (κ1) is 20.4. The lowest BCUT2D eigenvalue weighted by atomic mass is 10.0. The van der Waals surface area contributed by atoms with E-state index in [0.717, 1.165) is 22.2 Å². The molecule has 4 rings (SSSR count). The van der Waals surface area contributed by atoms with Gasteiger partial charge in [-0.1, -0.05) is 18.7 Å². The number of carbonyl (C=O) groups excluding carboxylic acids is 1. The van der Waals surface area contributed by atoms with E-state index >= 15 is 0 Å². The predicted octanol–water partition coefficient (Wildman–Crippen LogP) is 4.42. The number of ether oxygens (including phenoxy) is 1. The Morgan fingerprint density at radius 1 is 1.26 bits per heavy atom. The standard InChI is InChI=1S/C24H23N3O4/c1-13(2)12-30-19-9-14(3)10-20-22(19)15(4)16(23(29)31-20)11-21(28)27-24-25-17-7-5-6-8-18(17)26-24/h5-10H,1,11-12H2,2-4H3,(H2,25,26,27,28). The van der Waals surface area contributed by atoms with Crippen LogP contribution >= 0.6 is 0 Å². The smallest absolute Gasteiger partial charge is 0.340 e. The maximum atomic E-state index is 12.7. The highest BCUT2D eigenvalue weighted by molar-refractivity contribution is 5.94. The van der Waals surface area contributed by atoms with Gasteiger partial charge in [-0.2, -0.15) is 0 Å². The molecule has 2 aromatic heterocycles. The van der Waals surface area contributed by atoms with Crippen LogP contribution in [-0.4, -0.2) is 22.5 Å². The van der Waals surface area contributed by atoms with Crippen LogP contribution in [0.4, 0.5) is 5.95 Å². The van der Waals surface area contributed by atoms with Crippen LogP contribution in [0.2, 0.25) is 0 Å². The molecule has 0 unspecified atom stereocenters. The summed E-state index contributed by atoms with van der Waals surface area (Å²) < 4.78 is 11.4. The van der Waals surface area contributed by atoms with Gasteiger partial charge in [0.15, 0.2) is 0 Å². The Morgan fingerprint density at radius 2 is 2.03 bits per heavy atom. The lowest BCUT2D eigenvalue weighted by Gasteiger charge is -2.14. The van der Waals surface area contributed by atoms with E-state index in [9.17, 15) is 9.59 Å². The third-order valence-electron chi connectivity index (χ3n) is 4.95. The molecule has 7 nitrogen and oxygen atoms in total. The van der Waals surface area contributed by atoms with Crippen LogP contribution in [0.15, 0.2) is 57.8 Å². The van der Waals surface area contributed by atoms with E-state index in [1.807, 2.05) is 44.2 Å². The van der Waals surface area contributed by atoms with Crippen molar-refractivity contribution in [2.45, 2.75) is 27.2 Å². The second-order valence-corrected chi connectivity index (χ2v) is 7.70. The summed E-state index contributed by atoms with van der Waals surface area (Å²) in [7, 11) is 0. The van der Waals surface area contributed by atoms with Crippen LogP contribution in [0.1, 0.15) is 23.6 Å². The molecule has 4 aromatic rings. The quantitative estimate of drug-likeness (QED) is 0.357. The number of H-pyrrole nitrogens is 1. The minimum Gasteiger partial charge on any atom is -0.488 e. The van der Waals surface area contributed by atoms with Crippen molar-refractivity contribution in [2.24, 2.45) is 0 Å². The summed E-state index contributed by atoms with van der Waals surface area (Å²) in [6.45, 7) is 9.78. The number of hydrogen-bond acceptors (Lipinski definition) is 5. The lowest BCUT2D eigenvalue weighted by molar-refractivity contribution is -0.115. The van der Waals surface area contributed by atoms with E-state index in [1.54, 1.807) is 13.0 Å². The number of imidazole rings is 1. The molecule has 158 valence electrons. The van der Waals surface area contributed by atoms with Gasteiger partial charge < -0.3 is 14.1 Å². The lowest BCUT2D eigenvalue weighted by Crippen LogP contribution is -2.21. The first-order chi connectivity index (χ1) is 14.8. The number of carbonyl (C=O) groups is 1. The zero-order valence-corrected chi connectivity index (χ0v) is 17.7. The molecule has 2 N–H and O–H groups in total. The van der Waals surface area contributed by atoms with Crippen LogP contribution < -0.4 is 15.7 Å². The summed E-state index contributed by atoms with van der Waals surface area (Å²) in [5, 5.41) is 3.40. The summed E-state index contributed by atoms with van der Waals surface area (Å²) in [5.41, 5.74) is 4.16. The van der Waals surface area contributed by atoms with Crippen molar-refractivity contribution in [3.05, 3.63) is 75.7 Å². The van der Waals surface area contributed by atoms with Crippen molar-refractivity contribution in [1.82, 2.24) is 9.97 Å². The van der Waals surface area contributed by atoms with Gasteiger partial charge in [0.25, 0.3) is 0 Å². The number of hydrogen-bond donors (Lipinski definition) is 2.